The first-order valence-electron chi connectivity index (χ1n) is 7.57. The third-order valence-corrected chi connectivity index (χ3v) is 4.24. The molecule has 6 heteroatoms. The summed E-state index contributed by atoms with van der Waals surface area (Å²) >= 11 is 0. The van der Waals surface area contributed by atoms with E-state index in [2.05, 4.69) is 20.9 Å². The van der Waals surface area contributed by atoms with Crippen molar-refractivity contribution >= 4 is 11.7 Å². The van der Waals surface area contributed by atoms with E-state index in [0.717, 1.165) is 63.1 Å². The molecule has 0 aromatic carbocycles. The van der Waals surface area contributed by atoms with E-state index in [1.54, 1.807) is 6.92 Å². The van der Waals surface area contributed by atoms with Crippen LogP contribution in [-0.2, 0) is 9.53 Å². The molecule has 2 fully saturated rings. The Morgan fingerprint density at radius 2 is 2.05 bits per heavy atom. The van der Waals surface area contributed by atoms with Crippen LogP contribution in [0.15, 0.2) is 6.07 Å². The van der Waals surface area contributed by atoms with Gasteiger partial charge in [-0.15, -0.1) is 0 Å². The highest BCUT2D eigenvalue weighted by atomic mass is 16.5. The van der Waals surface area contributed by atoms with Crippen molar-refractivity contribution in [1.82, 2.24) is 14.9 Å². The minimum atomic E-state index is 0.150. The lowest BCUT2D eigenvalue weighted by molar-refractivity contribution is -0.129. The lowest BCUT2D eigenvalue weighted by Gasteiger charge is -2.35. The Kier molecular flexibility index (Phi) is 4.05. The SMILES string of the molecule is CC(=O)N1CCN(c2cc([C@@H]3CCOC3)nc(C)n2)CC1. The molecule has 0 unspecified atom stereocenters. The molecule has 0 aliphatic carbocycles. The van der Waals surface area contributed by atoms with Gasteiger partial charge in [-0.2, -0.15) is 0 Å². The fraction of sp³-hybridized carbons (Fsp3) is 0.667. The van der Waals surface area contributed by atoms with Gasteiger partial charge in [0.25, 0.3) is 0 Å². The number of nitrogens with zero attached hydrogens (tertiary/aromatic N) is 4. The van der Waals surface area contributed by atoms with Gasteiger partial charge in [0, 0.05) is 51.7 Å². The summed E-state index contributed by atoms with van der Waals surface area (Å²) in [5.74, 6) is 2.33. The lowest BCUT2D eigenvalue weighted by Crippen LogP contribution is -2.48. The number of aryl methyl sites for hydroxylation is 1. The van der Waals surface area contributed by atoms with Crippen molar-refractivity contribution in [2.45, 2.75) is 26.2 Å². The Bertz CT molecular complexity index is 520. The summed E-state index contributed by atoms with van der Waals surface area (Å²) in [6.07, 6.45) is 1.04. The van der Waals surface area contributed by atoms with Crippen LogP contribution in [0.3, 0.4) is 0 Å². The van der Waals surface area contributed by atoms with Crippen molar-refractivity contribution < 1.29 is 9.53 Å². The maximum atomic E-state index is 11.4. The van der Waals surface area contributed by atoms with E-state index >= 15 is 0 Å². The highest BCUT2D eigenvalue weighted by molar-refractivity contribution is 5.73. The van der Waals surface area contributed by atoms with Gasteiger partial charge in [0.05, 0.1) is 12.3 Å². The van der Waals surface area contributed by atoms with E-state index in [9.17, 15) is 4.79 Å². The quantitative estimate of drug-likeness (QED) is 0.812. The van der Waals surface area contributed by atoms with Crippen molar-refractivity contribution in [1.29, 1.82) is 0 Å². The summed E-state index contributed by atoms with van der Waals surface area (Å²) in [6.45, 7) is 8.33. The van der Waals surface area contributed by atoms with Gasteiger partial charge in [0.2, 0.25) is 5.91 Å². The minimum Gasteiger partial charge on any atom is -0.381 e. The molecule has 2 aliphatic heterocycles. The Hall–Kier alpha value is -1.69. The van der Waals surface area contributed by atoms with E-state index in [1.165, 1.54) is 0 Å². The van der Waals surface area contributed by atoms with Gasteiger partial charge in [-0.25, -0.2) is 9.97 Å². The molecule has 1 aromatic rings. The van der Waals surface area contributed by atoms with Crippen molar-refractivity contribution in [2.24, 2.45) is 0 Å². The summed E-state index contributed by atoms with van der Waals surface area (Å²) in [4.78, 5) is 24.7. The van der Waals surface area contributed by atoms with Gasteiger partial charge in [-0.1, -0.05) is 0 Å². The first kappa shape index (κ1) is 14.3. The first-order chi connectivity index (χ1) is 10.1. The number of piperazine rings is 1. The van der Waals surface area contributed by atoms with Gasteiger partial charge < -0.3 is 14.5 Å². The zero-order chi connectivity index (χ0) is 14.8. The molecule has 0 saturated carbocycles. The molecule has 3 heterocycles. The van der Waals surface area contributed by atoms with E-state index in [0.29, 0.717) is 5.92 Å². The van der Waals surface area contributed by atoms with Crippen molar-refractivity contribution in [3.05, 3.63) is 17.6 Å². The number of carbonyl (C=O) groups excluding carboxylic acids is 1. The molecule has 3 rings (SSSR count). The van der Waals surface area contributed by atoms with Crippen LogP contribution in [0.1, 0.15) is 30.8 Å². The van der Waals surface area contributed by atoms with Crippen LogP contribution in [0.2, 0.25) is 0 Å². The molecule has 2 aliphatic rings. The van der Waals surface area contributed by atoms with Gasteiger partial charge in [0.1, 0.15) is 11.6 Å². The van der Waals surface area contributed by atoms with Crippen LogP contribution in [-0.4, -0.2) is 60.2 Å². The standard InChI is InChI=1S/C15H22N4O2/c1-11-16-14(13-3-8-21-10-13)9-15(17-11)19-6-4-18(5-7-19)12(2)20/h9,13H,3-8,10H2,1-2H3/t13-/m1/s1. The van der Waals surface area contributed by atoms with Crippen LogP contribution in [0.4, 0.5) is 5.82 Å². The van der Waals surface area contributed by atoms with Crippen LogP contribution in [0, 0.1) is 6.92 Å². The van der Waals surface area contributed by atoms with Crippen molar-refractivity contribution in [2.75, 3.05) is 44.3 Å². The number of ether oxygens (including phenoxy) is 1. The maximum Gasteiger partial charge on any atom is 0.219 e. The molecule has 2 saturated heterocycles. The molecule has 1 amide bonds. The number of anilines is 1. The predicted octanol–water partition coefficient (Wildman–Crippen LogP) is 0.957. The van der Waals surface area contributed by atoms with E-state index in [1.807, 2.05) is 11.8 Å². The van der Waals surface area contributed by atoms with Crippen LogP contribution < -0.4 is 4.90 Å². The molecule has 6 nitrogen and oxygen atoms in total. The summed E-state index contributed by atoms with van der Waals surface area (Å²) in [7, 11) is 0. The highest BCUT2D eigenvalue weighted by Crippen LogP contribution is 2.26. The van der Waals surface area contributed by atoms with Crippen molar-refractivity contribution in [3.63, 3.8) is 0 Å². The fourth-order valence-electron chi connectivity index (χ4n) is 2.96. The molecule has 0 bridgehead atoms. The van der Waals surface area contributed by atoms with Crippen LogP contribution in [0.5, 0.6) is 0 Å². The van der Waals surface area contributed by atoms with E-state index < -0.39 is 0 Å². The molecule has 0 N–H and O–H groups in total. The smallest absolute Gasteiger partial charge is 0.219 e. The number of hydrogen-bond acceptors (Lipinski definition) is 5. The molecule has 0 spiro atoms. The number of hydrogen-bond donors (Lipinski definition) is 0. The topological polar surface area (TPSA) is 58.6 Å². The third kappa shape index (κ3) is 3.15. The second-order valence-electron chi connectivity index (χ2n) is 5.75. The Morgan fingerprint density at radius 1 is 1.29 bits per heavy atom. The van der Waals surface area contributed by atoms with Crippen molar-refractivity contribution in [3.8, 4) is 0 Å². The molecule has 114 valence electrons. The summed E-state index contributed by atoms with van der Waals surface area (Å²) < 4.78 is 5.46. The summed E-state index contributed by atoms with van der Waals surface area (Å²) in [5.41, 5.74) is 1.09. The van der Waals surface area contributed by atoms with E-state index in [4.69, 9.17) is 4.74 Å². The number of aromatic nitrogens is 2. The largest absolute Gasteiger partial charge is 0.381 e. The number of amides is 1. The molecule has 21 heavy (non-hydrogen) atoms. The van der Waals surface area contributed by atoms with Crippen LogP contribution >= 0.6 is 0 Å². The number of carbonyl (C=O) groups is 1. The Labute approximate surface area is 125 Å². The molecular formula is C15H22N4O2. The molecule has 1 atom stereocenters. The monoisotopic (exact) mass is 290 g/mol. The lowest BCUT2D eigenvalue weighted by atomic mass is 10.0. The zero-order valence-corrected chi connectivity index (χ0v) is 12.7. The first-order valence-corrected chi connectivity index (χ1v) is 7.57. The second kappa shape index (κ2) is 5.97. The fourth-order valence-corrected chi connectivity index (χ4v) is 2.96. The molecule has 0 radical (unpaired) electrons. The van der Waals surface area contributed by atoms with Gasteiger partial charge in [0.15, 0.2) is 0 Å². The summed E-state index contributed by atoms with van der Waals surface area (Å²) in [5, 5.41) is 0. The predicted molar refractivity (Wildman–Crippen MR) is 79.4 cm³/mol. The normalized spacial score (nSPS) is 22.7. The zero-order valence-electron chi connectivity index (χ0n) is 12.7. The highest BCUT2D eigenvalue weighted by Gasteiger charge is 2.23. The maximum absolute atomic E-state index is 11.4. The third-order valence-electron chi connectivity index (χ3n) is 4.24. The Morgan fingerprint density at radius 3 is 2.67 bits per heavy atom. The Balaban J connectivity index is 1.74. The van der Waals surface area contributed by atoms with Gasteiger partial charge in [-0.05, 0) is 13.3 Å². The molecule has 1 aromatic heterocycles. The van der Waals surface area contributed by atoms with E-state index in [-0.39, 0.29) is 5.91 Å². The minimum absolute atomic E-state index is 0.150. The molecular weight excluding hydrogens is 268 g/mol. The average molecular weight is 290 g/mol. The summed E-state index contributed by atoms with van der Waals surface area (Å²) in [6, 6.07) is 2.09. The van der Waals surface area contributed by atoms with Crippen LogP contribution in [0.25, 0.3) is 0 Å². The number of rotatable bonds is 2. The van der Waals surface area contributed by atoms with Gasteiger partial charge >= 0.3 is 0 Å². The average Bonchev–Trinajstić information content (AvgIpc) is 3.01. The second-order valence-corrected chi connectivity index (χ2v) is 5.75. The van der Waals surface area contributed by atoms with Gasteiger partial charge in [-0.3, -0.25) is 4.79 Å².